The molecule has 3 rings (SSSR count). The number of allylic oxidation sites excluding steroid dienone is 1. The van der Waals surface area contributed by atoms with Crippen LogP contribution in [0.2, 0.25) is 0 Å². The molecule has 1 N–H and O–H groups in total. The zero-order valence-corrected chi connectivity index (χ0v) is 15.2. The van der Waals surface area contributed by atoms with Gasteiger partial charge in [-0.2, -0.15) is 0 Å². The molecule has 0 fully saturated rings. The maximum Gasteiger partial charge on any atom is 0.313 e. The molecule has 2 aromatic carbocycles. The molecule has 0 aliphatic rings. The molecule has 0 bridgehead atoms. The number of carboxylic acid groups (broad SMARTS) is 1. The van der Waals surface area contributed by atoms with Gasteiger partial charge in [-0.3, -0.25) is 9.36 Å². The second kappa shape index (κ2) is 8.05. The van der Waals surface area contributed by atoms with Gasteiger partial charge in [0, 0.05) is 6.54 Å². The van der Waals surface area contributed by atoms with E-state index in [9.17, 15) is 4.79 Å². The Morgan fingerprint density at radius 1 is 1.31 bits per heavy atom. The van der Waals surface area contributed by atoms with Gasteiger partial charge in [-0.1, -0.05) is 48.2 Å². The molecule has 134 valence electrons. The van der Waals surface area contributed by atoms with Crippen LogP contribution in [0.1, 0.15) is 11.4 Å². The van der Waals surface area contributed by atoms with Gasteiger partial charge in [0.1, 0.15) is 12.4 Å². The molecule has 0 amide bonds. The minimum atomic E-state index is -0.896. The van der Waals surface area contributed by atoms with E-state index in [1.807, 2.05) is 35.8 Å². The number of aromatic nitrogens is 3. The number of carbonyl (C=O) groups is 1. The molecular formula is C19H19N3O3S. The van der Waals surface area contributed by atoms with Crippen molar-refractivity contribution in [2.24, 2.45) is 0 Å². The smallest absolute Gasteiger partial charge is 0.313 e. The molecule has 1 aromatic heterocycles. The second-order valence-electron chi connectivity index (χ2n) is 5.68. The number of thioether (sulfide) groups is 1. The maximum atomic E-state index is 10.8. The molecule has 0 aliphatic carbocycles. The summed E-state index contributed by atoms with van der Waals surface area (Å²) < 4.78 is 7.79. The summed E-state index contributed by atoms with van der Waals surface area (Å²) in [6, 6.07) is 12.1. The third kappa shape index (κ3) is 3.88. The Morgan fingerprint density at radius 2 is 2.12 bits per heavy atom. The number of hydrogen-bond donors (Lipinski definition) is 1. The lowest BCUT2D eigenvalue weighted by atomic mass is 10.0. The highest BCUT2D eigenvalue weighted by Crippen LogP contribution is 2.28. The van der Waals surface area contributed by atoms with Crippen molar-refractivity contribution in [2.75, 3.05) is 5.75 Å². The van der Waals surface area contributed by atoms with Gasteiger partial charge in [0.2, 0.25) is 0 Å². The van der Waals surface area contributed by atoms with E-state index < -0.39 is 5.97 Å². The predicted octanol–water partition coefficient (Wildman–Crippen LogP) is 3.68. The summed E-state index contributed by atoms with van der Waals surface area (Å²) in [7, 11) is 0. The van der Waals surface area contributed by atoms with Crippen LogP contribution < -0.4 is 4.74 Å². The molecule has 0 unspecified atom stereocenters. The van der Waals surface area contributed by atoms with Crippen LogP contribution in [-0.4, -0.2) is 31.6 Å². The number of rotatable bonds is 8. The number of carboxylic acids is 1. The minimum absolute atomic E-state index is 0.0695. The number of aliphatic carboxylic acids is 1. The molecule has 1 heterocycles. The first-order chi connectivity index (χ1) is 12.6. The number of nitrogens with zero attached hydrogens (tertiary/aromatic N) is 3. The standard InChI is InChI=1S/C19H19N3O3S/c1-3-10-22-17(20-21-19(22)26-12-18(23)24)11-25-16-9-8-14-6-4-5-7-15(14)13(16)2/h3-9H,1,10-12H2,2H3,(H,23,24). The van der Waals surface area contributed by atoms with Crippen molar-refractivity contribution < 1.29 is 14.6 Å². The molecule has 6 nitrogen and oxygen atoms in total. The first kappa shape index (κ1) is 18.0. The van der Waals surface area contributed by atoms with Crippen LogP contribution >= 0.6 is 11.8 Å². The average Bonchev–Trinajstić information content (AvgIpc) is 3.02. The average molecular weight is 369 g/mol. The van der Waals surface area contributed by atoms with E-state index in [4.69, 9.17) is 9.84 Å². The quantitative estimate of drug-likeness (QED) is 0.482. The normalized spacial score (nSPS) is 10.8. The third-order valence-corrected chi connectivity index (χ3v) is 4.89. The highest BCUT2D eigenvalue weighted by Gasteiger charge is 2.14. The Hall–Kier alpha value is -2.80. The summed E-state index contributed by atoms with van der Waals surface area (Å²) in [5.74, 6) is 0.453. The van der Waals surface area contributed by atoms with Crippen molar-refractivity contribution in [3.05, 3.63) is 60.4 Å². The number of fused-ring (bicyclic) bond motifs is 1. The van der Waals surface area contributed by atoms with Crippen LogP contribution in [0, 0.1) is 6.92 Å². The predicted molar refractivity (Wildman–Crippen MR) is 102 cm³/mol. The zero-order chi connectivity index (χ0) is 18.5. The lowest BCUT2D eigenvalue weighted by molar-refractivity contribution is -0.133. The molecule has 3 aromatic rings. The van der Waals surface area contributed by atoms with E-state index in [2.05, 4.69) is 28.9 Å². The molecule has 0 radical (unpaired) electrons. The monoisotopic (exact) mass is 369 g/mol. The van der Waals surface area contributed by atoms with Crippen LogP contribution in [0.15, 0.2) is 54.2 Å². The van der Waals surface area contributed by atoms with E-state index in [0.717, 1.165) is 28.5 Å². The van der Waals surface area contributed by atoms with Gasteiger partial charge in [0.25, 0.3) is 0 Å². The van der Waals surface area contributed by atoms with Crippen LogP contribution in [-0.2, 0) is 17.9 Å². The fourth-order valence-electron chi connectivity index (χ4n) is 2.68. The van der Waals surface area contributed by atoms with Crippen molar-refractivity contribution in [3.63, 3.8) is 0 Å². The number of hydrogen-bond acceptors (Lipinski definition) is 5. The molecule has 0 atom stereocenters. The zero-order valence-electron chi connectivity index (χ0n) is 14.4. The Balaban J connectivity index is 1.80. The molecule has 0 saturated heterocycles. The van der Waals surface area contributed by atoms with Gasteiger partial charge in [-0.25, -0.2) is 0 Å². The Kier molecular flexibility index (Phi) is 5.58. The highest BCUT2D eigenvalue weighted by molar-refractivity contribution is 7.99. The number of benzene rings is 2. The van der Waals surface area contributed by atoms with Crippen LogP contribution in [0.4, 0.5) is 0 Å². The van der Waals surface area contributed by atoms with E-state index in [1.165, 1.54) is 5.39 Å². The van der Waals surface area contributed by atoms with E-state index in [0.29, 0.717) is 17.5 Å². The summed E-state index contributed by atoms with van der Waals surface area (Å²) in [6.45, 7) is 6.50. The summed E-state index contributed by atoms with van der Waals surface area (Å²) in [5, 5.41) is 19.9. The molecule has 0 spiro atoms. The van der Waals surface area contributed by atoms with Gasteiger partial charge < -0.3 is 9.84 Å². The van der Waals surface area contributed by atoms with E-state index in [1.54, 1.807) is 6.08 Å². The second-order valence-corrected chi connectivity index (χ2v) is 6.62. The Labute approximate surface area is 155 Å². The van der Waals surface area contributed by atoms with Gasteiger partial charge in [-0.15, -0.1) is 16.8 Å². The van der Waals surface area contributed by atoms with Crippen molar-refractivity contribution in [3.8, 4) is 5.75 Å². The molecule has 0 saturated carbocycles. The van der Waals surface area contributed by atoms with E-state index in [-0.39, 0.29) is 12.4 Å². The topological polar surface area (TPSA) is 77.2 Å². The highest BCUT2D eigenvalue weighted by atomic mass is 32.2. The van der Waals surface area contributed by atoms with Gasteiger partial charge in [0.05, 0.1) is 5.75 Å². The lowest BCUT2D eigenvalue weighted by Gasteiger charge is -2.12. The van der Waals surface area contributed by atoms with Gasteiger partial charge in [0.15, 0.2) is 11.0 Å². The third-order valence-electron chi connectivity index (χ3n) is 3.94. The number of aryl methyl sites for hydroxylation is 1. The summed E-state index contributed by atoms with van der Waals surface area (Å²) in [6.07, 6.45) is 1.72. The first-order valence-electron chi connectivity index (χ1n) is 8.09. The molecule has 7 heteroatoms. The molecule has 0 aliphatic heterocycles. The van der Waals surface area contributed by atoms with Crippen LogP contribution in [0.3, 0.4) is 0 Å². The minimum Gasteiger partial charge on any atom is -0.485 e. The summed E-state index contributed by atoms with van der Waals surface area (Å²) >= 11 is 1.13. The van der Waals surface area contributed by atoms with E-state index >= 15 is 0 Å². The molecule has 26 heavy (non-hydrogen) atoms. The molecular weight excluding hydrogens is 350 g/mol. The van der Waals surface area contributed by atoms with Crippen molar-refractivity contribution in [2.45, 2.75) is 25.2 Å². The fraction of sp³-hybridized carbons (Fsp3) is 0.211. The van der Waals surface area contributed by atoms with Gasteiger partial charge >= 0.3 is 5.97 Å². The SMILES string of the molecule is C=CCn1c(COc2ccc3ccccc3c2C)nnc1SCC(=O)O. The maximum absolute atomic E-state index is 10.8. The van der Waals surface area contributed by atoms with Crippen molar-refractivity contribution >= 4 is 28.5 Å². The summed E-state index contributed by atoms with van der Waals surface area (Å²) in [4.78, 5) is 10.8. The van der Waals surface area contributed by atoms with Crippen LogP contribution in [0.5, 0.6) is 5.75 Å². The first-order valence-corrected chi connectivity index (χ1v) is 9.07. The Bertz CT molecular complexity index is 952. The lowest BCUT2D eigenvalue weighted by Crippen LogP contribution is -2.09. The number of ether oxygens (including phenoxy) is 1. The largest absolute Gasteiger partial charge is 0.485 e. The van der Waals surface area contributed by atoms with Gasteiger partial charge in [-0.05, 0) is 29.3 Å². The van der Waals surface area contributed by atoms with Crippen molar-refractivity contribution in [1.82, 2.24) is 14.8 Å². The summed E-state index contributed by atoms with van der Waals surface area (Å²) in [5.41, 5.74) is 1.07. The van der Waals surface area contributed by atoms with Crippen molar-refractivity contribution in [1.29, 1.82) is 0 Å². The Morgan fingerprint density at radius 3 is 2.88 bits per heavy atom. The fourth-order valence-corrected chi connectivity index (χ4v) is 3.36. The van der Waals surface area contributed by atoms with Crippen LogP contribution in [0.25, 0.3) is 10.8 Å².